The van der Waals surface area contributed by atoms with E-state index in [0.717, 1.165) is 12.3 Å². The maximum absolute atomic E-state index is 13.7. The van der Waals surface area contributed by atoms with Crippen molar-refractivity contribution in [2.24, 2.45) is 0 Å². The molecular formula is C24H14Cl4F3N3OS. The Balaban J connectivity index is 1.72. The van der Waals surface area contributed by atoms with Crippen LogP contribution >= 0.6 is 58.2 Å². The molecule has 0 aliphatic carbocycles. The minimum atomic E-state index is -4.65. The Morgan fingerprint density at radius 3 is 2.31 bits per heavy atom. The molecule has 12 heteroatoms. The molecule has 2 aromatic carbocycles. The Morgan fingerprint density at radius 1 is 1.00 bits per heavy atom. The monoisotopic (exact) mass is 589 g/mol. The van der Waals surface area contributed by atoms with Crippen LogP contribution in [0.4, 0.5) is 13.2 Å². The van der Waals surface area contributed by atoms with Gasteiger partial charge in [-0.3, -0.25) is 9.20 Å². The topological polar surface area (TPSA) is 37.6 Å². The first-order chi connectivity index (χ1) is 17.1. The quantitative estimate of drug-likeness (QED) is 0.240. The Morgan fingerprint density at radius 2 is 1.67 bits per heavy atom. The number of hydrogen-bond donors (Lipinski definition) is 0. The third-order valence-corrected chi connectivity index (χ3v) is 8.09. The van der Waals surface area contributed by atoms with Gasteiger partial charge in [0.2, 0.25) is 0 Å². The molecule has 4 nitrogen and oxygen atoms in total. The summed E-state index contributed by atoms with van der Waals surface area (Å²) in [6, 6.07) is 12.1. The molecule has 5 rings (SSSR count). The molecule has 3 heterocycles. The predicted octanol–water partition coefficient (Wildman–Crippen LogP) is 8.52. The maximum atomic E-state index is 13.7. The molecule has 0 spiro atoms. The van der Waals surface area contributed by atoms with Gasteiger partial charge in [-0.15, -0.1) is 11.8 Å². The first-order valence-corrected chi connectivity index (χ1v) is 13.0. The normalized spacial score (nSPS) is 16.2. The number of pyridine rings is 1. The second-order valence-corrected chi connectivity index (χ2v) is 10.8. The van der Waals surface area contributed by atoms with Gasteiger partial charge in [-0.2, -0.15) is 13.2 Å². The van der Waals surface area contributed by atoms with Gasteiger partial charge in [0.1, 0.15) is 16.9 Å². The minimum absolute atomic E-state index is 0.0926. The third kappa shape index (κ3) is 4.54. The van der Waals surface area contributed by atoms with Gasteiger partial charge in [0.25, 0.3) is 5.91 Å². The molecular weight excluding hydrogens is 577 g/mol. The van der Waals surface area contributed by atoms with Crippen molar-refractivity contribution in [3.8, 4) is 11.4 Å². The van der Waals surface area contributed by atoms with Gasteiger partial charge in [0.15, 0.2) is 0 Å². The standard InChI is InChI=1S/C24H14Cl4F3N3OS/c25-14-6-4-12(5-7-14)22(35)33-8-9-36-23(33)19-20-17(28)10-13(24(29,30)31)11-34(20)21(32-19)18-15(26)2-1-3-16(18)27/h1-7,10-11,23H,8-9H2/t23-/m0/s1. The molecule has 2 aromatic heterocycles. The summed E-state index contributed by atoms with van der Waals surface area (Å²) in [6.07, 6.45) is -3.74. The lowest BCUT2D eigenvalue weighted by Crippen LogP contribution is -2.30. The second kappa shape index (κ2) is 9.65. The van der Waals surface area contributed by atoms with Crippen LogP contribution in [0.25, 0.3) is 16.9 Å². The van der Waals surface area contributed by atoms with Gasteiger partial charge in [0.05, 0.1) is 31.7 Å². The van der Waals surface area contributed by atoms with Crippen molar-refractivity contribution in [3.05, 3.63) is 91.6 Å². The molecule has 0 N–H and O–H groups in total. The van der Waals surface area contributed by atoms with Crippen molar-refractivity contribution >= 4 is 69.6 Å². The molecule has 36 heavy (non-hydrogen) atoms. The second-order valence-electron chi connectivity index (χ2n) is 7.94. The van der Waals surface area contributed by atoms with Crippen molar-refractivity contribution in [1.82, 2.24) is 14.3 Å². The Kier molecular flexibility index (Phi) is 6.85. The van der Waals surface area contributed by atoms with Crippen molar-refractivity contribution in [2.75, 3.05) is 12.3 Å². The largest absolute Gasteiger partial charge is 0.417 e. The lowest BCUT2D eigenvalue weighted by Gasteiger charge is -2.23. The number of benzene rings is 2. The number of rotatable bonds is 3. The Bertz CT molecular complexity index is 1470. The number of hydrogen-bond acceptors (Lipinski definition) is 3. The van der Waals surface area contributed by atoms with Gasteiger partial charge < -0.3 is 4.90 Å². The molecule has 1 fully saturated rings. The fraction of sp³-hybridized carbons (Fsp3) is 0.167. The summed E-state index contributed by atoms with van der Waals surface area (Å²) in [5.41, 5.74) is 0.307. The zero-order valence-corrected chi connectivity index (χ0v) is 21.8. The first kappa shape index (κ1) is 25.5. The fourth-order valence-corrected chi connectivity index (χ4v) is 6.30. The molecule has 0 radical (unpaired) electrons. The van der Waals surface area contributed by atoms with Crippen LogP contribution in [0, 0.1) is 0 Å². The molecule has 4 aromatic rings. The first-order valence-electron chi connectivity index (χ1n) is 10.5. The number of aromatic nitrogens is 2. The number of alkyl halides is 3. The summed E-state index contributed by atoms with van der Waals surface area (Å²) in [5, 5.41) is 0.151. The van der Waals surface area contributed by atoms with Gasteiger partial charge in [-0.05, 0) is 42.5 Å². The predicted molar refractivity (Wildman–Crippen MR) is 138 cm³/mol. The number of nitrogens with zero attached hydrogens (tertiary/aromatic N) is 3. The summed E-state index contributed by atoms with van der Waals surface area (Å²) in [4.78, 5) is 19.7. The van der Waals surface area contributed by atoms with E-state index < -0.39 is 17.1 Å². The zero-order chi connectivity index (χ0) is 25.8. The minimum Gasteiger partial charge on any atom is -0.320 e. The van der Waals surface area contributed by atoms with Gasteiger partial charge in [-0.25, -0.2) is 4.98 Å². The van der Waals surface area contributed by atoms with E-state index in [2.05, 4.69) is 0 Å². The number of carbonyl (C=O) groups is 1. The maximum Gasteiger partial charge on any atom is 0.417 e. The van der Waals surface area contributed by atoms with Gasteiger partial charge in [-0.1, -0.05) is 52.5 Å². The molecule has 1 atom stereocenters. The highest BCUT2D eigenvalue weighted by Crippen LogP contribution is 2.45. The zero-order valence-electron chi connectivity index (χ0n) is 18.0. The van der Waals surface area contributed by atoms with E-state index in [9.17, 15) is 18.0 Å². The molecule has 0 unspecified atom stereocenters. The average Bonchev–Trinajstić information content (AvgIpc) is 3.44. The lowest BCUT2D eigenvalue weighted by atomic mass is 10.2. The van der Waals surface area contributed by atoms with Crippen molar-refractivity contribution in [3.63, 3.8) is 0 Å². The van der Waals surface area contributed by atoms with Crippen molar-refractivity contribution < 1.29 is 18.0 Å². The number of thioether (sulfide) groups is 1. The Hall–Kier alpha value is -2.10. The van der Waals surface area contributed by atoms with Gasteiger partial charge >= 0.3 is 6.18 Å². The van der Waals surface area contributed by atoms with Crippen LogP contribution in [0.15, 0.2) is 54.7 Å². The van der Waals surface area contributed by atoms with E-state index in [4.69, 9.17) is 51.4 Å². The van der Waals surface area contributed by atoms with E-state index in [0.29, 0.717) is 28.6 Å². The van der Waals surface area contributed by atoms with E-state index >= 15 is 0 Å². The molecule has 1 saturated heterocycles. The SMILES string of the molecule is O=C(c1ccc(Cl)cc1)N1CCS[C@H]1c1nc(-c2c(Cl)cccc2Cl)n2cc(C(F)(F)F)cc(Cl)c12. The number of halogens is 7. The highest BCUT2D eigenvalue weighted by Gasteiger charge is 2.38. The number of fused-ring (bicyclic) bond motifs is 1. The van der Waals surface area contributed by atoms with Crippen LogP contribution in [0.3, 0.4) is 0 Å². The molecule has 1 aliphatic heterocycles. The molecule has 186 valence electrons. The smallest absolute Gasteiger partial charge is 0.320 e. The number of amides is 1. The highest BCUT2D eigenvalue weighted by molar-refractivity contribution is 7.99. The van der Waals surface area contributed by atoms with E-state index in [1.54, 1.807) is 47.4 Å². The summed E-state index contributed by atoms with van der Waals surface area (Å²) >= 11 is 26.6. The number of imidazole rings is 1. The number of carbonyl (C=O) groups excluding carboxylic acids is 1. The third-order valence-electron chi connectivity index (χ3n) is 5.71. The molecule has 1 aliphatic rings. The van der Waals surface area contributed by atoms with Crippen molar-refractivity contribution in [1.29, 1.82) is 0 Å². The summed E-state index contributed by atoms with van der Waals surface area (Å²) < 4.78 is 42.3. The summed E-state index contributed by atoms with van der Waals surface area (Å²) in [5.74, 6) is 0.432. The highest BCUT2D eigenvalue weighted by atomic mass is 35.5. The van der Waals surface area contributed by atoms with Crippen LogP contribution in [0.2, 0.25) is 20.1 Å². The molecule has 1 amide bonds. The fourth-order valence-electron chi connectivity index (χ4n) is 4.07. The van der Waals surface area contributed by atoms with E-state index in [1.807, 2.05) is 0 Å². The summed E-state index contributed by atoms with van der Waals surface area (Å²) in [6.45, 7) is 0.413. The van der Waals surface area contributed by atoms with E-state index in [1.165, 1.54) is 16.2 Å². The Labute approximate surface area is 227 Å². The molecule has 0 bridgehead atoms. The lowest BCUT2D eigenvalue weighted by molar-refractivity contribution is -0.137. The average molecular weight is 591 g/mol. The van der Waals surface area contributed by atoms with Gasteiger partial charge in [0, 0.05) is 29.1 Å². The van der Waals surface area contributed by atoms with Crippen LogP contribution in [0.1, 0.15) is 27.0 Å². The van der Waals surface area contributed by atoms with Crippen LogP contribution in [-0.4, -0.2) is 32.5 Å². The summed E-state index contributed by atoms with van der Waals surface area (Å²) in [7, 11) is 0. The van der Waals surface area contributed by atoms with Crippen LogP contribution < -0.4 is 0 Å². The van der Waals surface area contributed by atoms with E-state index in [-0.39, 0.29) is 37.9 Å². The van der Waals surface area contributed by atoms with Crippen molar-refractivity contribution in [2.45, 2.75) is 11.6 Å². The van der Waals surface area contributed by atoms with Crippen LogP contribution in [-0.2, 0) is 6.18 Å². The molecule has 0 saturated carbocycles. The van der Waals surface area contributed by atoms with Crippen LogP contribution in [0.5, 0.6) is 0 Å².